The van der Waals surface area contributed by atoms with Gasteiger partial charge in [-0.05, 0) is 36.4 Å². The fourth-order valence-electron chi connectivity index (χ4n) is 2.45. The van der Waals surface area contributed by atoms with Gasteiger partial charge in [-0.15, -0.1) is 0 Å². The minimum absolute atomic E-state index is 0.000388. The summed E-state index contributed by atoms with van der Waals surface area (Å²) in [6.07, 6.45) is 0. The first-order valence-electron chi connectivity index (χ1n) is 8.00. The Morgan fingerprint density at radius 1 is 0.767 bits per heavy atom. The molecule has 30 heavy (non-hydrogen) atoms. The zero-order valence-corrected chi connectivity index (χ0v) is 17.9. The van der Waals surface area contributed by atoms with Crippen molar-refractivity contribution in [3.8, 4) is 5.75 Å². The number of nitro benzene ring substituents is 1. The van der Waals surface area contributed by atoms with E-state index in [1.165, 1.54) is 30.3 Å². The van der Waals surface area contributed by atoms with Crippen molar-refractivity contribution in [3.05, 3.63) is 86.9 Å². The van der Waals surface area contributed by atoms with E-state index in [9.17, 15) is 26.9 Å². The quantitative estimate of drug-likeness (QED) is 0.285. The summed E-state index contributed by atoms with van der Waals surface area (Å²) < 4.78 is 55.7. The number of hydrogen-bond acceptors (Lipinski definition) is 7. The highest BCUT2D eigenvalue weighted by Crippen LogP contribution is 2.34. The summed E-state index contributed by atoms with van der Waals surface area (Å²) in [6.45, 7) is 0. The molecule has 0 fully saturated rings. The van der Waals surface area contributed by atoms with Crippen LogP contribution in [0.5, 0.6) is 5.75 Å². The molecular weight excluding hydrogens is 477 g/mol. The molecule has 0 heterocycles. The summed E-state index contributed by atoms with van der Waals surface area (Å²) in [5, 5.41) is 11.3. The highest BCUT2D eigenvalue weighted by atomic mass is 35.5. The number of halogens is 2. The minimum Gasteiger partial charge on any atom is -0.372 e. The fourth-order valence-corrected chi connectivity index (χ4v) is 5.42. The van der Waals surface area contributed by atoms with Gasteiger partial charge < -0.3 is 4.18 Å². The number of hydrogen-bond donors (Lipinski definition) is 0. The van der Waals surface area contributed by atoms with Crippen LogP contribution in [0, 0.1) is 10.1 Å². The van der Waals surface area contributed by atoms with Gasteiger partial charge in [0.15, 0.2) is 0 Å². The molecule has 0 aliphatic rings. The third-order valence-electron chi connectivity index (χ3n) is 3.82. The van der Waals surface area contributed by atoms with Crippen molar-refractivity contribution in [2.75, 3.05) is 0 Å². The maximum Gasteiger partial charge on any atom is 0.339 e. The van der Waals surface area contributed by atoms with E-state index in [1.54, 1.807) is 6.07 Å². The standard InChI is InChI=1S/C18H11Cl2NO7S2/c19-12-8-13(20)10-16(9-12)30(26,27)28-18-11-15(6-7-17(18)21(22)23)29(24,25)14-4-2-1-3-5-14/h1-11H. The second-order valence-electron chi connectivity index (χ2n) is 5.85. The molecule has 0 atom stereocenters. The van der Waals surface area contributed by atoms with Crippen LogP contribution in [0.3, 0.4) is 0 Å². The molecule has 12 heteroatoms. The van der Waals surface area contributed by atoms with Crippen LogP contribution >= 0.6 is 23.2 Å². The molecule has 0 aromatic heterocycles. The highest BCUT2D eigenvalue weighted by molar-refractivity contribution is 7.91. The van der Waals surface area contributed by atoms with E-state index in [-0.39, 0.29) is 19.8 Å². The lowest BCUT2D eigenvalue weighted by Gasteiger charge is -2.10. The van der Waals surface area contributed by atoms with E-state index in [1.807, 2.05) is 0 Å². The summed E-state index contributed by atoms with van der Waals surface area (Å²) >= 11 is 11.6. The van der Waals surface area contributed by atoms with Crippen molar-refractivity contribution in [2.24, 2.45) is 0 Å². The molecule has 0 aliphatic carbocycles. The second-order valence-corrected chi connectivity index (χ2v) is 10.2. The average Bonchev–Trinajstić information content (AvgIpc) is 2.67. The average molecular weight is 488 g/mol. The predicted molar refractivity (Wildman–Crippen MR) is 109 cm³/mol. The Morgan fingerprint density at radius 3 is 1.93 bits per heavy atom. The Hall–Kier alpha value is -2.66. The van der Waals surface area contributed by atoms with Gasteiger partial charge in [-0.1, -0.05) is 41.4 Å². The lowest BCUT2D eigenvalue weighted by molar-refractivity contribution is -0.385. The Labute approximate surface area is 181 Å². The van der Waals surface area contributed by atoms with Crippen LogP contribution in [0.25, 0.3) is 0 Å². The van der Waals surface area contributed by atoms with Gasteiger partial charge in [0.05, 0.1) is 14.7 Å². The normalized spacial score (nSPS) is 11.8. The van der Waals surface area contributed by atoms with E-state index in [4.69, 9.17) is 27.4 Å². The van der Waals surface area contributed by atoms with Crippen molar-refractivity contribution in [1.29, 1.82) is 0 Å². The van der Waals surface area contributed by atoms with Gasteiger partial charge in [0, 0.05) is 22.2 Å². The SMILES string of the molecule is O=[N+]([O-])c1ccc(S(=O)(=O)c2ccccc2)cc1OS(=O)(=O)c1cc(Cl)cc(Cl)c1. The third kappa shape index (κ3) is 4.57. The first-order valence-corrected chi connectivity index (χ1v) is 11.6. The number of rotatable bonds is 6. The largest absolute Gasteiger partial charge is 0.372 e. The monoisotopic (exact) mass is 487 g/mol. The van der Waals surface area contributed by atoms with Crippen molar-refractivity contribution in [1.82, 2.24) is 0 Å². The molecule has 0 radical (unpaired) electrons. The molecular formula is C18H11Cl2NO7S2. The maximum absolute atomic E-state index is 12.8. The van der Waals surface area contributed by atoms with Crippen LogP contribution < -0.4 is 4.18 Å². The molecule has 0 unspecified atom stereocenters. The lowest BCUT2D eigenvalue weighted by Crippen LogP contribution is -2.12. The van der Waals surface area contributed by atoms with Crippen molar-refractivity contribution < 1.29 is 25.9 Å². The summed E-state index contributed by atoms with van der Waals surface area (Å²) in [5.74, 6) is -0.770. The number of nitro groups is 1. The molecule has 3 aromatic rings. The summed E-state index contributed by atoms with van der Waals surface area (Å²) in [4.78, 5) is 9.52. The van der Waals surface area contributed by atoms with Crippen LogP contribution in [0.15, 0.2) is 81.4 Å². The predicted octanol–water partition coefficient (Wildman–Crippen LogP) is 4.50. The molecule has 156 valence electrons. The van der Waals surface area contributed by atoms with Crippen molar-refractivity contribution in [2.45, 2.75) is 14.7 Å². The summed E-state index contributed by atoms with van der Waals surface area (Å²) in [7, 11) is -8.69. The molecule has 3 rings (SSSR count). The topological polar surface area (TPSA) is 121 Å². The van der Waals surface area contributed by atoms with Crippen LogP contribution in [-0.2, 0) is 20.0 Å². The molecule has 0 saturated heterocycles. The van der Waals surface area contributed by atoms with Crippen LogP contribution in [0.1, 0.15) is 0 Å². The van der Waals surface area contributed by atoms with Crippen molar-refractivity contribution >= 4 is 48.8 Å². The second kappa shape index (κ2) is 8.23. The summed E-state index contributed by atoms with van der Waals surface area (Å²) in [6, 6.07) is 13.3. The highest BCUT2D eigenvalue weighted by Gasteiger charge is 2.27. The van der Waals surface area contributed by atoms with Crippen LogP contribution in [-0.4, -0.2) is 21.8 Å². The van der Waals surface area contributed by atoms with Gasteiger partial charge in [-0.2, -0.15) is 8.42 Å². The van der Waals surface area contributed by atoms with Gasteiger partial charge in [0.2, 0.25) is 15.6 Å². The van der Waals surface area contributed by atoms with E-state index < -0.39 is 41.2 Å². The number of sulfone groups is 1. The van der Waals surface area contributed by atoms with Gasteiger partial charge in [0.1, 0.15) is 4.90 Å². The zero-order valence-electron chi connectivity index (χ0n) is 14.7. The summed E-state index contributed by atoms with van der Waals surface area (Å²) in [5.41, 5.74) is -0.737. The smallest absolute Gasteiger partial charge is 0.339 e. The molecule has 0 amide bonds. The van der Waals surface area contributed by atoms with E-state index in [2.05, 4.69) is 0 Å². The van der Waals surface area contributed by atoms with E-state index in [0.29, 0.717) is 0 Å². The third-order valence-corrected chi connectivity index (χ3v) is 7.23. The van der Waals surface area contributed by atoms with E-state index in [0.717, 1.165) is 30.3 Å². The molecule has 3 aromatic carbocycles. The van der Waals surface area contributed by atoms with Gasteiger partial charge in [-0.25, -0.2) is 8.42 Å². The Bertz CT molecular complexity index is 1320. The number of nitrogens with zero attached hydrogens (tertiary/aromatic N) is 1. The van der Waals surface area contributed by atoms with Gasteiger partial charge >= 0.3 is 15.8 Å². The fraction of sp³-hybridized carbons (Fsp3) is 0. The molecule has 0 aliphatic heterocycles. The number of benzene rings is 3. The molecule has 0 N–H and O–H groups in total. The first kappa shape index (κ1) is 22.0. The molecule has 0 spiro atoms. The molecule has 0 saturated carbocycles. The Balaban J connectivity index is 2.12. The Morgan fingerprint density at radius 2 is 1.37 bits per heavy atom. The molecule has 0 bridgehead atoms. The maximum atomic E-state index is 12.8. The zero-order chi connectivity index (χ0) is 22.1. The van der Waals surface area contributed by atoms with Crippen molar-refractivity contribution in [3.63, 3.8) is 0 Å². The Kier molecular flexibility index (Phi) is 6.04. The first-order chi connectivity index (χ1) is 14.0. The lowest BCUT2D eigenvalue weighted by atomic mass is 10.3. The van der Waals surface area contributed by atoms with E-state index >= 15 is 0 Å². The molecule has 8 nitrogen and oxygen atoms in total. The minimum atomic E-state index is -4.61. The van der Waals surface area contributed by atoms with Crippen LogP contribution in [0.2, 0.25) is 10.0 Å². The van der Waals surface area contributed by atoms with Crippen LogP contribution in [0.4, 0.5) is 5.69 Å². The van der Waals surface area contributed by atoms with Gasteiger partial charge in [-0.3, -0.25) is 10.1 Å². The van der Waals surface area contributed by atoms with Gasteiger partial charge in [0.25, 0.3) is 0 Å².